The monoisotopic (exact) mass is 1520 g/mol. The summed E-state index contributed by atoms with van der Waals surface area (Å²) < 4.78 is 55.1. The van der Waals surface area contributed by atoms with Gasteiger partial charge >= 0.3 is 18.1 Å². The number of hydrogen-bond donors (Lipinski definition) is 8. The number of nitrogens with two attached hydrogens (primary N) is 1. The number of aromatic nitrogens is 4. The van der Waals surface area contributed by atoms with Crippen LogP contribution in [0.4, 0.5) is 26.2 Å². The minimum absolute atomic E-state index is 0.00307. The van der Waals surface area contributed by atoms with Crippen LogP contribution in [0, 0.1) is 29.1 Å². The van der Waals surface area contributed by atoms with E-state index < -0.39 is 118 Å². The Morgan fingerprint density at radius 3 is 2.26 bits per heavy atom. The van der Waals surface area contributed by atoms with Gasteiger partial charge in [0.2, 0.25) is 23.6 Å². The van der Waals surface area contributed by atoms with Gasteiger partial charge in [-0.05, 0) is 146 Å². The van der Waals surface area contributed by atoms with Gasteiger partial charge in [-0.1, -0.05) is 75.4 Å². The third-order valence-electron chi connectivity index (χ3n) is 21.4. The van der Waals surface area contributed by atoms with E-state index in [1.807, 2.05) is 59.0 Å². The SMILES string of the molecule is COC[C@@H]1CC(N2C(=O)C=CC2=O)C(=O)N1CC(=O)N[C@H](C(=O)N[C@@H](CCCNC(N)=O)C(=O)Nc1ccc(COC(=O)N(CCOC23CC4(C)CC(C)(CC(Cn5ncc(-c6ccc(N7CCc8cccc(C(=O)Nc9nc%10ccccc%10s9)c8C7)nc6C(=O)O)c5C)(C4)C2)C3)CCS(=O)(=O)O)cc1)C(C)C. The van der Waals surface area contributed by atoms with Gasteiger partial charge in [0.15, 0.2) is 10.8 Å². The topological polar surface area (TPSA) is 416 Å². The van der Waals surface area contributed by atoms with Gasteiger partial charge in [-0.3, -0.25) is 53.0 Å². The van der Waals surface area contributed by atoms with Gasteiger partial charge in [-0.15, -0.1) is 0 Å². The number of carboxylic acid groups (broad SMARTS) is 1. The van der Waals surface area contributed by atoms with E-state index in [2.05, 4.69) is 45.4 Å². The van der Waals surface area contributed by atoms with Gasteiger partial charge < -0.3 is 61.0 Å². The number of aromatic carboxylic acids is 1. The molecule has 1 saturated heterocycles. The van der Waals surface area contributed by atoms with E-state index in [0.717, 1.165) is 76.2 Å². The van der Waals surface area contributed by atoms with Gasteiger partial charge in [0.05, 0.1) is 53.6 Å². The fraction of sp³-hybridized carbons (Fsp3) is 0.480. The first-order valence-corrected chi connectivity index (χ1v) is 38.4. The van der Waals surface area contributed by atoms with Crippen LogP contribution < -0.4 is 37.2 Å². The molecule has 6 aromatic rings. The second-order valence-electron chi connectivity index (χ2n) is 30.4. The van der Waals surface area contributed by atoms with Gasteiger partial charge in [0, 0.05) is 93.0 Å². The quantitative estimate of drug-likeness (QED) is 0.0129. The predicted molar refractivity (Wildman–Crippen MR) is 396 cm³/mol. The lowest BCUT2D eigenvalue weighted by Gasteiger charge is -2.69. The summed E-state index contributed by atoms with van der Waals surface area (Å²) in [5.74, 6) is -6.47. The van der Waals surface area contributed by atoms with Crippen LogP contribution in [0.25, 0.3) is 21.3 Å². The number of nitrogens with one attached hydrogen (secondary N) is 5. The summed E-state index contributed by atoms with van der Waals surface area (Å²) in [4.78, 5) is 147. The Hall–Kier alpha value is -10.2. The van der Waals surface area contributed by atoms with Crippen LogP contribution >= 0.6 is 11.3 Å². The lowest BCUT2D eigenvalue weighted by atomic mass is 9.39. The molecule has 108 heavy (non-hydrogen) atoms. The zero-order valence-electron chi connectivity index (χ0n) is 61.0. The molecule has 13 rings (SSSR count). The Bertz CT molecular complexity index is 4610. The number of thiazole rings is 1. The van der Waals surface area contributed by atoms with Gasteiger partial charge in [0.25, 0.3) is 27.8 Å². The van der Waals surface area contributed by atoms with Crippen molar-refractivity contribution in [1.29, 1.82) is 0 Å². The van der Waals surface area contributed by atoms with Crippen molar-refractivity contribution in [3.8, 4) is 11.1 Å². The Balaban J connectivity index is 0.663. The van der Waals surface area contributed by atoms with Crippen LogP contribution in [-0.4, -0.2) is 201 Å². The number of ether oxygens (including phenoxy) is 3. The number of carbonyl (C=O) groups is 10. The number of amides is 10. The van der Waals surface area contributed by atoms with E-state index in [4.69, 9.17) is 30.0 Å². The summed E-state index contributed by atoms with van der Waals surface area (Å²) >= 11 is 1.39. The Labute approximate surface area is 627 Å². The van der Waals surface area contributed by atoms with E-state index in [9.17, 15) is 66.0 Å². The smallest absolute Gasteiger partial charge is 0.410 e. The average Bonchev–Trinajstić information content (AvgIpc) is 0.835. The number of urea groups is 1. The molecule has 3 unspecified atom stereocenters. The van der Waals surface area contributed by atoms with Crippen molar-refractivity contribution in [3.63, 3.8) is 0 Å². The molecule has 9 N–H and O–H groups in total. The van der Waals surface area contributed by atoms with Crippen LogP contribution in [0.1, 0.15) is 129 Å². The van der Waals surface area contributed by atoms with E-state index in [0.29, 0.717) is 65.7 Å². The van der Waals surface area contributed by atoms with Crippen molar-refractivity contribution in [2.24, 2.45) is 27.9 Å². The van der Waals surface area contributed by atoms with Crippen LogP contribution in [0.3, 0.4) is 0 Å². The number of nitrogens with zero attached hydrogens (tertiary/aromatic N) is 8. The number of para-hydroxylation sites is 1. The molecule has 7 aliphatic rings. The molecule has 6 heterocycles. The van der Waals surface area contributed by atoms with Crippen molar-refractivity contribution < 1.29 is 80.2 Å². The highest BCUT2D eigenvalue weighted by molar-refractivity contribution is 7.85. The first-order chi connectivity index (χ1) is 51.3. The molecule has 33 heteroatoms. The average molecular weight is 1520 g/mol. The maximum absolute atomic E-state index is 14.0. The van der Waals surface area contributed by atoms with Crippen LogP contribution in [0.15, 0.2) is 97.2 Å². The fourth-order valence-electron chi connectivity index (χ4n) is 17.8. The summed E-state index contributed by atoms with van der Waals surface area (Å²) in [6, 6.07) is 18.0. The molecule has 574 valence electrons. The third kappa shape index (κ3) is 17.5. The highest BCUT2D eigenvalue weighted by atomic mass is 32.2. The molecular formula is C75H90N14O17S2. The highest BCUT2D eigenvalue weighted by Gasteiger charge is 2.66. The molecule has 3 aromatic heterocycles. The second-order valence-corrected chi connectivity index (χ2v) is 33.0. The number of carbonyl (C=O) groups excluding carboxylic acids is 9. The van der Waals surface area contributed by atoms with E-state index in [1.165, 1.54) is 40.4 Å². The van der Waals surface area contributed by atoms with Crippen molar-refractivity contribution in [1.82, 2.24) is 50.4 Å². The van der Waals surface area contributed by atoms with Gasteiger partial charge in [-0.25, -0.2) is 24.4 Å². The molecule has 31 nitrogen and oxygen atoms in total. The number of primary amides is 1. The van der Waals surface area contributed by atoms with Crippen LogP contribution in [0.2, 0.25) is 0 Å². The van der Waals surface area contributed by atoms with E-state index >= 15 is 0 Å². The predicted octanol–water partition coefficient (Wildman–Crippen LogP) is 6.59. The molecular weight excluding hydrogens is 1430 g/mol. The summed E-state index contributed by atoms with van der Waals surface area (Å²) in [6.45, 7) is 9.94. The number of likely N-dealkylation sites (tertiary alicyclic amines) is 1. The minimum Gasteiger partial charge on any atom is -0.476 e. The lowest BCUT2D eigenvalue weighted by molar-refractivity contribution is -0.248. The van der Waals surface area contributed by atoms with Crippen molar-refractivity contribution in [3.05, 3.63) is 131 Å². The Morgan fingerprint density at radius 1 is 0.843 bits per heavy atom. The minimum atomic E-state index is -4.54. The third-order valence-corrected chi connectivity index (χ3v) is 23.1. The zero-order chi connectivity index (χ0) is 77.2. The second kappa shape index (κ2) is 31.5. The standard InChI is InChI=1S/C75H90N14O17S2/c1-44(2)62(83-59(90)34-87-49(36-104-6)31-56(67(87)96)89-60(91)22-23-61(89)92)66(95)80-55(14-10-25-77-69(76)99)65(94)79-48-18-16-46(17-19-48)35-105-71(100)85(28-30-108(101,102)103)27-29-106-75-40-72(4)37-73(5,41-75)39-74(38-72,42-75)43-88-45(3)52(32-78-88)50-20-21-58(82-63(50)68(97)98)86-26-24-47-11-9-12-51(53(47)33-86)64(93)84-70-81-54-13-7-8-15-57(54)107-70/h7-9,11-13,15-23,32,44,49,55-56,62H,10,14,24-31,33-43H2,1-6H3,(H,79,94)(H,80,95)(H,83,90)(H,97,98)(H3,76,77,99)(H,81,84,93)(H,101,102,103)/t49-,55-,56?,62-,72?,73?,74?,75?/m0/s1. The number of imide groups is 1. The fourth-order valence-corrected chi connectivity index (χ4v) is 19.1. The van der Waals surface area contributed by atoms with Crippen LogP contribution in [0.5, 0.6) is 0 Å². The summed E-state index contributed by atoms with van der Waals surface area (Å²) in [5, 5.41) is 29.8. The number of hydrogen-bond acceptors (Lipinski definition) is 20. The largest absolute Gasteiger partial charge is 0.476 e. The molecule has 6 atom stereocenters. The zero-order valence-corrected chi connectivity index (χ0v) is 62.6. The molecule has 4 bridgehead atoms. The molecule has 0 radical (unpaired) electrons. The van der Waals surface area contributed by atoms with Crippen LogP contribution in [-0.2, 0) is 79.2 Å². The van der Waals surface area contributed by atoms with Gasteiger partial charge in [0.1, 0.15) is 30.6 Å². The first-order valence-electron chi connectivity index (χ1n) is 36.0. The number of benzene rings is 3. The number of fused-ring (bicyclic) bond motifs is 2. The number of carboxylic acids is 1. The summed E-state index contributed by atoms with van der Waals surface area (Å²) in [6.07, 6.45) is 8.63. The highest BCUT2D eigenvalue weighted by Crippen LogP contribution is 2.72. The van der Waals surface area contributed by atoms with E-state index in [1.54, 1.807) is 44.3 Å². The molecule has 10 amide bonds. The van der Waals surface area contributed by atoms with E-state index in [-0.39, 0.29) is 85.7 Å². The molecule has 5 fully saturated rings. The van der Waals surface area contributed by atoms with Crippen molar-refractivity contribution in [2.45, 2.75) is 148 Å². The Kier molecular flexibility index (Phi) is 22.6. The number of anilines is 3. The Morgan fingerprint density at radius 2 is 1.57 bits per heavy atom. The molecule has 4 aliphatic carbocycles. The molecule has 3 aliphatic heterocycles. The normalized spacial score (nSPS) is 22.7. The maximum atomic E-state index is 14.0. The maximum Gasteiger partial charge on any atom is 0.410 e. The first kappa shape index (κ1) is 77.4. The van der Waals surface area contributed by atoms with Crippen molar-refractivity contribution >= 4 is 108 Å². The number of methoxy groups -OCH3 is 1. The lowest BCUT2D eigenvalue weighted by Crippen LogP contribution is -2.64. The molecule has 3 aromatic carbocycles. The number of rotatable bonds is 31. The molecule has 4 saturated carbocycles. The summed E-state index contributed by atoms with van der Waals surface area (Å²) in [5.41, 5.74) is 9.63. The van der Waals surface area contributed by atoms with Crippen molar-refractivity contribution in [2.75, 3.05) is 74.3 Å². The summed E-state index contributed by atoms with van der Waals surface area (Å²) in [7, 11) is -3.14. The van der Waals surface area contributed by atoms with Gasteiger partial charge in [-0.2, -0.15) is 13.5 Å². The molecule has 0 spiro atoms. The number of pyridine rings is 1.